The largest absolute Gasteiger partial charge is 0.390 e. The summed E-state index contributed by atoms with van der Waals surface area (Å²) in [7, 11) is 0. The predicted octanol–water partition coefficient (Wildman–Crippen LogP) is 2.35. The number of pyridine rings is 1. The van der Waals surface area contributed by atoms with E-state index in [0.717, 1.165) is 10.4 Å². The van der Waals surface area contributed by atoms with Crippen molar-refractivity contribution in [2.75, 3.05) is 0 Å². The Hall–Kier alpha value is -0.970. The van der Waals surface area contributed by atoms with Gasteiger partial charge in [0.25, 0.3) is 0 Å². The summed E-state index contributed by atoms with van der Waals surface area (Å²) in [6, 6.07) is 3.73. The smallest absolute Gasteiger partial charge is 0.184 e. The standard InChI is InChI=1S/C9H7ClN2OS/c10-9-12-7(5-13)8(14-9)6-1-3-11-4-2-6/h1-4,13H,5H2. The molecule has 0 saturated heterocycles. The second kappa shape index (κ2) is 4.04. The van der Waals surface area contributed by atoms with Gasteiger partial charge in [-0.3, -0.25) is 4.98 Å². The molecule has 72 valence electrons. The topological polar surface area (TPSA) is 46.0 Å². The fourth-order valence-corrected chi connectivity index (χ4v) is 2.30. The molecule has 0 aromatic carbocycles. The van der Waals surface area contributed by atoms with Gasteiger partial charge in [0.05, 0.1) is 17.2 Å². The normalized spacial score (nSPS) is 10.4. The van der Waals surface area contributed by atoms with E-state index in [1.165, 1.54) is 11.3 Å². The number of rotatable bonds is 2. The molecule has 0 aliphatic rings. The van der Waals surface area contributed by atoms with E-state index >= 15 is 0 Å². The van der Waals surface area contributed by atoms with Crippen LogP contribution in [-0.2, 0) is 6.61 Å². The van der Waals surface area contributed by atoms with Crippen molar-refractivity contribution < 1.29 is 5.11 Å². The molecule has 2 rings (SSSR count). The fraction of sp³-hybridized carbons (Fsp3) is 0.111. The van der Waals surface area contributed by atoms with Crippen molar-refractivity contribution in [2.45, 2.75) is 6.61 Å². The van der Waals surface area contributed by atoms with Crippen LogP contribution in [0.3, 0.4) is 0 Å². The van der Waals surface area contributed by atoms with Gasteiger partial charge in [-0.2, -0.15) is 0 Å². The molecule has 5 heteroatoms. The highest BCUT2D eigenvalue weighted by atomic mass is 35.5. The average molecular weight is 227 g/mol. The molecule has 1 N–H and O–H groups in total. The third kappa shape index (κ3) is 1.77. The van der Waals surface area contributed by atoms with Crippen molar-refractivity contribution >= 4 is 22.9 Å². The first-order chi connectivity index (χ1) is 6.81. The Morgan fingerprint density at radius 2 is 2.07 bits per heavy atom. The number of halogens is 1. The molecule has 0 radical (unpaired) electrons. The zero-order valence-electron chi connectivity index (χ0n) is 7.14. The van der Waals surface area contributed by atoms with Crippen LogP contribution in [0.4, 0.5) is 0 Å². The van der Waals surface area contributed by atoms with Crippen molar-refractivity contribution in [3.8, 4) is 10.4 Å². The summed E-state index contributed by atoms with van der Waals surface area (Å²) in [6.07, 6.45) is 3.40. The number of thiazole rings is 1. The second-order valence-electron chi connectivity index (χ2n) is 2.64. The number of aliphatic hydroxyl groups is 1. The molecule has 0 amide bonds. The van der Waals surface area contributed by atoms with Gasteiger partial charge in [-0.25, -0.2) is 4.98 Å². The molecule has 0 saturated carbocycles. The van der Waals surface area contributed by atoms with Gasteiger partial charge in [-0.05, 0) is 17.7 Å². The predicted molar refractivity (Wildman–Crippen MR) is 56.3 cm³/mol. The zero-order valence-corrected chi connectivity index (χ0v) is 8.72. The highest BCUT2D eigenvalue weighted by Gasteiger charge is 2.10. The van der Waals surface area contributed by atoms with Gasteiger partial charge in [-0.1, -0.05) is 11.6 Å². The molecule has 0 fully saturated rings. The van der Waals surface area contributed by atoms with Crippen LogP contribution in [0, 0.1) is 0 Å². The SMILES string of the molecule is OCc1nc(Cl)sc1-c1ccncc1. The number of aromatic nitrogens is 2. The summed E-state index contributed by atoms with van der Waals surface area (Å²) < 4.78 is 0.445. The van der Waals surface area contributed by atoms with Gasteiger partial charge in [0.1, 0.15) is 0 Å². The van der Waals surface area contributed by atoms with Crippen LogP contribution in [-0.4, -0.2) is 15.1 Å². The first-order valence-electron chi connectivity index (χ1n) is 3.97. The number of hydrogen-bond donors (Lipinski definition) is 1. The number of nitrogens with zero attached hydrogens (tertiary/aromatic N) is 2. The zero-order chi connectivity index (χ0) is 9.97. The summed E-state index contributed by atoms with van der Waals surface area (Å²) in [4.78, 5) is 8.84. The maximum Gasteiger partial charge on any atom is 0.184 e. The maximum atomic E-state index is 9.06. The van der Waals surface area contributed by atoms with Crippen molar-refractivity contribution in [2.24, 2.45) is 0 Å². The monoisotopic (exact) mass is 226 g/mol. The maximum absolute atomic E-state index is 9.06. The van der Waals surface area contributed by atoms with Gasteiger partial charge in [0, 0.05) is 12.4 Å². The minimum atomic E-state index is -0.0964. The molecule has 0 spiro atoms. The lowest BCUT2D eigenvalue weighted by atomic mass is 10.2. The van der Waals surface area contributed by atoms with E-state index in [1.54, 1.807) is 12.4 Å². The van der Waals surface area contributed by atoms with Crippen molar-refractivity contribution in [1.82, 2.24) is 9.97 Å². The molecular formula is C9H7ClN2OS. The summed E-state index contributed by atoms with van der Waals surface area (Å²) in [5.74, 6) is 0. The van der Waals surface area contributed by atoms with E-state index in [-0.39, 0.29) is 6.61 Å². The number of hydrogen-bond acceptors (Lipinski definition) is 4. The quantitative estimate of drug-likeness (QED) is 0.855. The summed E-state index contributed by atoms with van der Waals surface area (Å²) in [6.45, 7) is -0.0964. The third-order valence-corrected chi connectivity index (χ3v) is 3.01. The molecule has 0 aliphatic carbocycles. The Balaban J connectivity index is 2.51. The fourth-order valence-electron chi connectivity index (χ4n) is 1.16. The summed E-state index contributed by atoms with van der Waals surface area (Å²) in [5.41, 5.74) is 1.60. The summed E-state index contributed by atoms with van der Waals surface area (Å²) in [5, 5.41) is 9.06. The Labute approximate surface area is 90.0 Å². The lowest BCUT2D eigenvalue weighted by Crippen LogP contribution is -1.86. The van der Waals surface area contributed by atoms with E-state index in [1.807, 2.05) is 12.1 Å². The van der Waals surface area contributed by atoms with E-state index in [2.05, 4.69) is 9.97 Å². The second-order valence-corrected chi connectivity index (χ2v) is 4.22. The molecule has 14 heavy (non-hydrogen) atoms. The highest BCUT2D eigenvalue weighted by Crippen LogP contribution is 2.32. The van der Waals surface area contributed by atoms with Gasteiger partial charge in [0.15, 0.2) is 4.47 Å². The van der Waals surface area contributed by atoms with E-state index < -0.39 is 0 Å². The molecule has 2 heterocycles. The van der Waals surface area contributed by atoms with Crippen molar-refractivity contribution in [3.05, 3.63) is 34.7 Å². The Kier molecular flexibility index (Phi) is 2.77. The highest BCUT2D eigenvalue weighted by molar-refractivity contribution is 7.19. The molecule has 3 nitrogen and oxygen atoms in total. The van der Waals surface area contributed by atoms with E-state index in [4.69, 9.17) is 16.7 Å². The van der Waals surface area contributed by atoms with Crippen LogP contribution in [0.1, 0.15) is 5.69 Å². The molecular weight excluding hydrogens is 220 g/mol. The first-order valence-corrected chi connectivity index (χ1v) is 5.17. The molecule has 0 atom stereocenters. The number of aliphatic hydroxyl groups excluding tert-OH is 1. The van der Waals surface area contributed by atoms with Crippen LogP contribution >= 0.6 is 22.9 Å². The third-order valence-electron chi connectivity index (χ3n) is 1.76. The minimum absolute atomic E-state index is 0.0964. The van der Waals surface area contributed by atoms with Crippen LogP contribution in [0.15, 0.2) is 24.5 Å². The Bertz CT molecular complexity index is 430. The summed E-state index contributed by atoms with van der Waals surface area (Å²) >= 11 is 7.13. The van der Waals surface area contributed by atoms with E-state index in [9.17, 15) is 0 Å². The lowest BCUT2D eigenvalue weighted by Gasteiger charge is -1.97. The van der Waals surface area contributed by atoms with Crippen LogP contribution in [0.5, 0.6) is 0 Å². The van der Waals surface area contributed by atoms with E-state index in [0.29, 0.717) is 10.2 Å². The van der Waals surface area contributed by atoms with Gasteiger partial charge in [0.2, 0.25) is 0 Å². The van der Waals surface area contributed by atoms with Gasteiger partial charge < -0.3 is 5.11 Å². The molecule has 0 unspecified atom stereocenters. The van der Waals surface area contributed by atoms with Crippen molar-refractivity contribution in [1.29, 1.82) is 0 Å². The minimum Gasteiger partial charge on any atom is -0.390 e. The molecule has 2 aromatic rings. The first kappa shape index (κ1) is 9.58. The van der Waals surface area contributed by atoms with Crippen LogP contribution < -0.4 is 0 Å². The Morgan fingerprint density at radius 1 is 1.36 bits per heavy atom. The molecule has 0 bridgehead atoms. The molecule has 0 aliphatic heterocycles. The Morgan fingerprint density at radius 3 is 2.71 bits per heavy atom. The average Bonchev–Trinajstić information content (AvgIpc) is 2.61. The van der Waals surface area contributed by atoms with Crippen molar-refractivity contribution in [3.63, 3.8) is 0 Å². The molecule has 2 aromatic heterocycles. The van der Waals surface area contributed by atoms with Gasteiger partial charge in [-0.15, -0.1) is 11.3 Å². The van der Waals surface area contributed by atoms with Crippen LogP contribution in [0.2, 0.25) is 4.47 Å². The lowest BCUT2D eigenvalue weighted by molar-refractivity contribution is 0.278. The van der Waals surface area contributed by atoms with Gasteiger partial charge >= 0.3 is 0 Å². The van der Waals surface area contributed by atoms with Crippen LogP contribution in [0.25, 0.3) is 10.4 Å².